The van der Waals surface area contributed by atoms with Crippen LogP contribution in [0.15, 0.2) is 0 Å². The Hall–Kier alpha value is -0.610. The molecule has 1 aliphatic heterocycles. The Morgan fingerprint density at radius 1 is 1.69 bits per heavy atom. The lowest BCUT2D eigenvalue weighted by Crippen LogP contribution is -2.49. The molecule has 76 valence electrons. The summed E-state index contributed by atoms with van der Waals surface area (Å²) in [7, 11) is 0. The van der Waals surface area contributed by atoms with Crippen molar-refractivity contribution in [1.82, 2.24) is 5.32 Å². The fraction of sp³-hybridized carbons (Fsp3) is 0.889. The first kappa shape index (κ1) is 10.5. The third-order valence-electron chi connectivity index (χ3n) is 2.54. The van der Waals surface area contributed by atoms with E-state index in [0.29, 0.717) is 6.61 Å². The van der Waals surface area contributed by atoms with Crippen molar-refractivity contribution >= 4 is 5.97 Å². The number of carboxylic acids is 1. The van der Waals surface area contributed by atoms with Crippen molar-refractivity contribution in [2.45, 2.75) is 44.9 Å². The average molecular weight is 187 g/mol. The van der Waals surface area contributed by atoms with Gasteiger partial charge in [0.25, 0.3) is 0 Å². The van der Waals surface area contributed by atoms with Crippen LogP contribution >= 0.6 is 0 Å². The maximum absolute atomic E-state index is 10.6. The molecular weight excluding hydrogens is 170 g/mol. The van der Waals surface area contributed by atoms with Crippen LogP contribution < -0.4 is 5.32 Å². The van der Waals surface area contributed by atoms with Gasteiger partial charge >= 0.3 is 5.97 Å². The molecule has 2 N–H and O–H groups in total. The van der Waals surface area contributed by atoms with Crippen LogP contribution in [0.1, 0.15) is 27.2 Å². The summed E-state index contributed by atoms with van der Waals surface area (Å²) in [4.78, 5) is 10.6. The van der Waals surface area contributed by atoms with Crippen LogP contribution in [0.4, 0.5) is 0 Å². The summed E-state index contributed by atoms with van der Waals surface area (Å²) in [5.74, 6) is -0.817. The van der Waals surface area contributed by atoms with Crippen molar-refractivity contribution in [2.24, 2.45) is 0 Å². The highest BCUT2D eigenvalue weighted by molar-refractivity contribution is 5.72. The van der Waals surface area contributed by atoms with Crippen LogP contribution in [-0.4, -0.2) is 35.4 Å². The van der Waals surface area contributed by atoms with E-state index in [-0.39, 0.29) is 11.6 Å². The summed E-state index contributed by atoms with van der Waals surface area (Å²) in [5.41, 5.74) is -0.246. The highest BCUT2D eigenvalue weighted by Gasteiger charge is 2.36. The lowest BCUT2D eigenvalue weighted by Gasteiger charge is -2.28. The molecule has 0 aromatic carbocycles. The minimum atomic E-state index is -0.817. The molecule has 0 saturated carbocycles. The van der Waals surface area contributed by atoms with Gasteiger partial charge in [-0.2, -0.15) is 0 Å². The summed E-state index contributed by atoms with van der Waals surface area (Å²) in [6, 6.07) is -0.371. The van der Waals surface area contributed by atoms with Crippen molar-refractivity contribution in [3.8, 4) is 0 Å². The van der Waals surface area contributed by atoms with E-state index >= 15 is 0 Å². The standard InChI is InChI=1S/C9H17NO3/c1-6(8(11)12)10-7-4-5-13-9(7,2)3/h6-7,10H,4-5H2,1-3H3,(H,11,12)/t6-,7?/m1/s1. The predicted molar refractivity (Wildman–Crippen MR) is 48.7 cm³/mol. The van der Waals surface area contributed by atoms with Crippen LogP contribution in [-0.2, 0) is 9.53 Å². The van der Waals surface area contributed by atoms with Gasteiger partial charge in [0.2, 0.25) is 0 Å². The second-order valence-electron chi connectivity index (χ2n) is 4.02. The number of ether oxygens (including phenoxy) is 1. The number of nitrogens with one attached hydrogen (secondary N) is 1. The first-order valence-corrected chi connectivity index (χ1v) is 4.56. The van der Waals surface area contributed by atoms with Gasteiger partial charge in [0.1, 0.15) is 6.04 Å². The van der Waals surface area contributed by atoms with Gasteiger partial charge in [-0.3, -0.25) is 10.1 Å². The Balaban J connectivity index is 2.49. The van der Waals surface area contributed by atoms with E-state index in [1.165, 1.54) is 0 Å². The third kappa shape index (κ3) is 2.42. The van der Waals surface area contributed by atoms with Crippen molar-refractivity contribution in [3.63, 3.8) is 0 Å². The van der Waals surface area contributed by atoms with E-state index < -0.39 is 12.0 Å². The van der Waals surface area contributed by atoms with Crippen LogP contribution in [0.5, 0.6) is 0 Å². The molecule has 1 aliphatic rings. The maximum atomic E-state index is 10.6. The molecule has 0 aromatic heterocycles. The molecule has 1 rings (SSSR count). The Kier molecular flexibility index (Phi) is 2.93. The topological polar surface area (TPSA) is 58.6 Å². The summed E-state index contributed by atoms with van der Waals surface area (Å²) in [6.07, 6.45) is 0.880. The Bertz CT molecular complexity index is 203. The Morgan fingerprint density at radius 2 is 2.31 bits per heavy atom. The molecule has 0 radical (unpaired) electrons. The van der Waals surface area contributed by atoms with Gasteiger partial charge in [-0.05, 0) is 27.2 Å². The van der Waals surface area contributed by atoms with Gasteiger partial charge < -0.3 is 9.84 Å². The molecule has 1 saturated heterocycles. The normalized spacial score (nSPS) is 28.7. The van der Waals surface area contributed by atoms with E-state index in [9.17, 15) is 4.79 Å². The number of aliphatic carboxylic acids is 1. The number of rotatable bonds is 3. The zero-order valence-electron chi connectivity index (χ0n) is 8.33. The monoisotopic (exact) mass is 187 g/mol. The molecule has 1 heterocycles. The van der Waals surface area contributed by atoms with Crippen molar-refractivity contribution in [3.05, 3.63) is 0 Å². The molecule has 4 nitrogen and oxygen atoms in total. The SMILES string of the molecule is C[C@@H](NC1CCOC1(C)C)C(=O)O. The van der Waals surface area contributed by atoms with Gasteiger partial charge in [0.15, 0.2) is 0 Å². The molecule has 0 bridgehead atoms. The van der Waals surface area contributed by atoms with Crippen LogP contribution in [0.2, 0.25) is 0 Å². The summed E-state index contributed by atoms with van der Waals surface area (Å²) in [6.45, 7) is 6.31. The first-order valence-electron chi connectivity index (χ1n) is 4.56. The highest BCUT2D eigenvalue weighted by atomic mass is 16.5. The molecule has 13 heavy (non-hydrogen) atoms. The highest BCUT2D eigenvalue weighted by Crippen LogP contribution is 2.25. The molecule has 0 aromatic rings. The van der Waals surface area contributed by atoms with Crippen LogP contribution in [0.25, 0.3) is 0 Å². The molecule has 0 aliphatic carbocycles. The van der Waals surface area contributed by atoms with Crippen molar-refractivity contribution in [1.29, 1.82) is 0 Å². The number of hydrogen-bond acceptors (Lipinski definition) is 3. The summed E-state index contributed by atoms with van der Waals surface area (Å²) in [5, 5.41) is 11.8. The van der Waals surface area contributed by atoms with E-state index in [1.807, 2.05) is 13.8 Å². The molecule has 0 spiro atoms. The van der Waals surface area contributed by atoms with E-state index in [4.69, 9.17) is 9.84 Å². The van der Waals surface area contributed by atoms with Crippen LogP contribution in [0.3, 0.4) is 0 Å². The lowest BCUT2D eigenvalue weighted by molar-refractivity contribution is -0.139. The van der Waals surface area contributed by atoms with Gasteiger partial charge in [0.05, 0.1) is 5.60 Å². The van der Waals surface area contributed by atoms with Gasteiger partial charge in [-0.25, -0.2) is 0 Å². The molecule has 4 heteroatoms. The fourth-order valence-electron chi connectivity index (χ4n) is 1.55. The molecule has 1 unspecified atom stereocenters. The third-order valence-corrected chi connectivity index (χ3v) is 2.54. The molecule has 1 fully saturated rings. The van der Waals surface area contributed by atoms with E-state index in [2.05, 4.69) is 5.32 Å². The van der Waals surface area contributed by atoms with E-state index in [1.54, 1.807) is 6.92 Å². The quantitative estimate of drug-likeness (QED) is 0.680. The zero-order valence-corrected chi connectivity index (χ0v) is 8.33. The first-order chi connectivity index (χ1) is 5.93. The van der Waals surface area contributed by atoms with Gasteiger partial charge in [-0.15, -0.1) is 0 Å². The average Bonchev–Trinajstić information content (AvgIpc) is 2.30. The lowest BCUT2D eigenvalue weighted by atomic mass is 9.98. The smallest absolute Gasteiger partial charge is 0.320 e. The molecular formula is C9H17NO3. The Labute approximate surface area is 78.3 Å². The second-order valence-corrected chi connectivity index (χ2v) is 4.02. The maximum Gasteiger partial charge on any atom is 0.320 e. The number of carboxylic acid groups (broad SMARTS) is 1. The molecule has 0 amide bonds. The largest absolute Gasteiger partial charge is 0.480 e. The summed E-state index contributed by atoms with van der Waals surface area (Å²) >= 11 is 0. The predicted octanol–water partition coefficient (Wildman–Crippen LogP) is 0.617. The second kappa shape index (κ2) is 3.64. The fourth-order valence-corrected chi connectivity index (χ4v) is 1.55. The van der Waals surface area contributed by atoms with Crippen molar-refractivity contribution in [2.75, 3.05) is 6.61 Å². The van der Waals surface area contributed by atoms with Gasteiger partial charge in [0, 0.05) is 12.6 Å². The van der Waals surface area contributed by atoms with Crippen molar-refractivity contribution < 1.29 is 14.6 Å². The molecule has 2 atom stereocenters. The minimum Gasteiger partial charge on any atom is -0.480 e. The Morgan fingerprint density at radius 3 is 2.69 bits per heavy atom. The number of hydrogen-bond donors (Lipinski definition) is 2. The zero-order chi connectivity index (χ0) is 10.1. The minimum absolute atomic E-state index is 0.138. The van der Waals surface area contributed by atoms with Crippen LogP contribution in [0, 0.1) is 0 Å². The van der Waals surface area contributed by atoms with Gasteiger partial charge in [-0.1, -0.05) is 0 Å². The van der Waals surface area contributed by atoms with E-state index in [0.717, 1.165) is 6.42 Å². The number of carbonyl (C=O) groups is 1. The summed E-state index contributed by atoms with van der Waals surface area (Å²) < 4.78 is 5.48.